The van der Waals surface area contributed by atoms with Crippen LogP contribution < -0.4 is 10.6 Å². The van der Waals surface area contributed by atoms with E-state index < -0.39 is 7.14 Å². The van der Waals surface area contributed by atoms with Crippen molar-refractivity contribution in [3.63, 3.8) is 0 Å². The first-order chi connectivity index (χ1) is 12.4. The predicted octanol–water partition coefficient (Wildman–Crippen LogP) is 4.60. The molecule has 0 amide bonds. The second-order valence-electron chi connectivity index (χ2n) is 9.04. The largest absolute Gasteiger partial charge is 0.373 e. The summed E-state index contributed by atoms with van der Waals surface area (Å²) in [5, 5.41) is 1.92. The Kier molecular flexibility index (Phi) is 3.44. The molecule has 136 valence electrons. The summed E-state index contributed by atoms with van der Waals surface area (Å²) in [6, 6.07) is 20.2. The zero-order chi connectivity index (χ0) is 18.0. The van der Waals surface area contributed by atoms with Gasteiger partial charge in [0.05, 0.1) is 12.2 Å². The van der Waals surface area contributed by atoms with Gasteiger partial charge in [0, 0.05) is 27.6 Å². The normalized spacial score (nSPS) is 38.0. The smallest absolute Gasteiger partial charge is 0.146 e. The van der Waals surface area contributed by atoms with Crippen molar-refractivity contribution < 1.29 is 9.30 Å². The van der Waals surface area contributed by atoms with Crippen LogP contribution >= 0.6 is 7.14 Å². The number of hydrogen-bond donors (Lipinski definition) is 0. The Hall–Kier alpha value is -1.37. The minimum atomic E-state index is -2.76. The minimum absolute atomic E-state index is 0.143. The average molecular weight is 366 g/mol. The van der Waals surface area contributed by atoms with E-state index in [9.17, 15) is 4.57 Å². The fraction of sp³-hybridized carbons (Fsp3) is 0.478. The van der Waals surface area contributed by atoms with E-state index in [1.807, 2.05) is 60.7 Å². The van der Waals surface area contributed by atoms with Crippen LogP contribution in [-0.4, -0.2) is 18.4 Å². The fourth-order valence-electron chi connectivity index (χ4n) is 6.31. The van der Waals surface area contributed by atoms with Crippen molar-refractivity contribution in [2.24, 2.45) is 16.7 Å². The summed E-state index contributed by atoms with van der Waals surface area (Å²) in [6.45, 7) is 5.65. The lowest BCUT2D eigenvalue weighted by Crippen LogP contribution is -2.47. The molecule has 3 heteroatoms. The maximum absolute atomic E-state index is 14.6. The molecule has 1 heterocycles. The van der Waals surface area contributed by atoms with E-state index in [1.165, 1.54) is 12.8 Å². The average Bonchev–Trinajstić information content (AvgIpc) is 3.13. The molecule has 4 bridgehead atoms. The molecule has 2 aromatic carbocycles. The highest BCUT2D eigenvalue weighted by atomic mass is 31.2. The van der Waals surface area contributed by atoms with Gasteiger partial charge in [-0.15, -0.1) is 0 Å². The third kappa shape index (κ3) is 1.90. The van der Waals surface area contributed by atoms with Crippen LogP contribution in [0.4, 0.5) is 0 Å². The standard InChI is InChI=1S/C23H27O2P/c1-21-16-25-23(15-18(21)13-14-22(21,23)2)17-26(24,19-9-5-3-6-10-19)20-11-7-4-8-12-20/h3-12,18H,13-17H2,1-2H3/t18-,21+,22-,23-/m1/s1. The van der Waals surface area contributed by atoms with Gasteiger partial charge in [-0.05, 0) is 25.2 Å². The van der Waals surface area contributed by atoms with Gasteiger partial charge in [0.15, 0.2) is 0 Å². The van der Waals surface area contributed by atoms with Crippen LogP contribution in [0.1, 0.15) is 33.1 Å². The Balaban J connectivity index is 1.64. The van der Waals surface area contributed by atoms with Crippen LogP contribution in [0.3, 0.4) is 0 Å². The Morgan fingerprint density at radius 1 is 1.00 bits per heavy atom. The van der Waals surface area contributed by atoms with Crippen LogP contribution in [0.2, 0.25) is 0 Å². The third-order valence-electron chi connectivity index (χ3n) is 8.21. The van der Waals surface area contributed by atoms with E-state index in [0.29, 0.717) is 6.16 Å². The monoisotopic (exact) mass is 366 g/mol. The van der Waals surface area contributed by atoms with Gasteiger partial charge < -0.3 is 9.30 Å². The Morgan fingerprint density at radius 3 is 2.08 bits per heavy atom. The van der Waals surface area contributed by atoms with Gasteiger partial charge in [0.1, 0.15) is 7.14 Å². The molecule has 3 aliphatic rings. The van der Waals surface area contributed by atoms with Crippen molar-refractivity contribution in [3.8, 4) is 0 Å². The molecule has 1 aliphatic heterocycles. The Labute approximate surface area is 156 Å². The predicted molar refractivity (Wildman–Crippen MR) is 107 cm³/mol. The quantitative estimate of drug-likeness (QED) is 0.740. The molecule has 0 radical (unpaired) electrons. The molecule has 2 saturated carbocycles. The lowest BCUT2D eigenvalue weighted by atomic mass is 9.67. The molecule has 0 N–H and O–H groups in total. The second-order valence-corrected chi connectivity index (χ2v) is 11.9. The van der Waals surface area contributed by atoms with Gasteiger partial charge in [-0.1, -0.05) is 74.5 Å². The fourth-order valence-corrected chi connectivity index (χ4v) is 9.57. The van der Waals surface area contributed by atoms with E-state index in [-0.39, 0.29) is 16.4 Å². The molecule has 5 rings (SSSR count). The molecular formula is C23H27O2P. The summed E-state index contributed by atoms with van der Waals surface area (Å²) in [5.41, 5.74) is 0.154. The SMILES string of the molecule is C[C@]12CC[C@@H]3C[C@]1(CP(=O)(c1ccccc1)c1ccccc1)OC[C@@]32C. The lowest BCUT2D eigenvalue weighted by molar-refractivity contribution is -0.0667. The van der Waals surface area contributed by atoms with E-state index in [2.05, 4.69) is 13.8 Å². The molecule has 0 aromatic heterocycles. The van der Waals surface area contributed by atoms with Gasteiger partial charge in [0.2, 0.25) is 0 Å². The number of ether oxygens (including phenoxy) is 1. The summed E-state index contributed by atoms with van der Waals surface area (Å²) >= 11 is 0. The van der Waals surface area contributed by atoms with Crippen LogP contribution in [0, 0.1) is 16.7 Å². The summed E-state index contributed by atoms with van der Waals surface area (Å²) in [4.78, 5) is 0. The second kappa shape index (κ2) is 5.33. The highest BCUT2D eigenvalue weighted by Gasteiger charge is 2.76. The van der Waals surface area contributed by atoms with Crippen LogP contribution in [0.15, 0.2) is 60.7 Å². The van der Waals surface area contributed by atoms with Gasteiger partial charge in [0.25, 0.3) is 0 Å². The highest BCUT2D eigenvalue weighted by molar-refractivity contribution is 7.78. The van der Waals surface area contributed by atoms with Crippen molar-refractivity contribution in [1.82, 2.24) is 0 Å². The summed E-state index contributed by atoms with van der Waals surface area (Å²) in [5.74, 6) is 0.723. The third-order valence-corrected chi connectivity index (χ3v) is 11.4. The van der Waals surface area contributed by atoms with E-state index in [1.54, 1.807) is 0 Å². The van der Waals surface area contributed by atoms with Gasteiger partial charge >= 0.3 is 0 Å². The molecule has 4 atom stereocenters. The molecular weight excluding hydrogens is 339 g/mol. The van der Waals surface area contributed by atoms with Crippen LogP contribution in [-0.2, 0) is 9.30 Å². The van der Waals surface area contributed by atoms with E-state index in [0.717, 1.165) is 29.6 Å². The minimum Gasteiger partial charge on any atom is -0.373 e. The Morgan fingerprint density at radius 2 is 1.58 bits per heavy atom. The van der Waals surface area contributed by atoms with E-state index in [4.69, 9.17) is 4.74 Å². The van der Waals surface area contributed by atoms with Crippen molar-refractivity contribution in [1.29, 1.82) is 0 Å². The first-order valence-electron chi connectivity index (χ1n) is 9.78. The molecule has 26 heavy (non-hydrogen) atoms. The highest BCUT2D eigenvalue weighted by Crippen LogP contribution is 2.76. The summed E-state index contributed by atoms with van der Waals surface area (Å²) < 4.78 is 21.1. The van der Waals surface area contributed by atoms with Crippen molar-refractivity contribution in [2.75, 3.05) is 12.8 Å². The van der Waals surface area contributed by atoms with Gasteiger partial charge in [-0.25, -0.2) is 0 Å². The number of hydrogen-bond acceptors (Lipinski definition) is 2. The molecule has 0 spiro atoms. The van der Waals surface area contributed by atoms with Gasteiger partial charge in [-0.3, -0.25) is 0 Å². The summed E-state index contributed by atoms with van der Waals surface area (Å²) in [7, 11) is -2.76. The van der Waals surface area contributed by atoms with Crippen LogP contribution in [0.5, 0.6) is 0 Å². The molecule has 1 saturated heterocycles. The number of rotatable bonds is 4. The van der Waals surface area contributed by atoms with Crippen molar-refractivity contribution in [2.45, 2.75) is 38.7 Å². The first kappa shape index (κ1) is 16.8. The Bertz CT molecular complexity index is 836. The van der Waals surface area contributed by atoms with Gasteiger partial charge in [-0.2, -0.15) is 0 Å². The molecule has 2 nitrogen and oxygen atoms in total. The maximum Gasteiger partial charge on any atom is 0.146 e. The zero-order valence-electron chi connectivity index (χ0n) is 15.7. The van der Waals surface area contributed by atoms with Crippen LogP contribution in [0.25, 0.3) is 0 Å². The molecule has 0 unspecified atom stereocenters. The first-order valence-corrected chi connectivity index (χ1v) is 11.7. The maximum atomic E-state index is 14.6. The molecule has 3 fully saturated rings. The molecule has 2 aliphatic carbocycles. The van der Waals surface area contributed by atoms with Crippen molar-refractivity contribution >= 4 is 17.8 Å². The topological polar surface area (TPSA) is 26.3 Å². The van der Waals surface area contributed by atoms with E-state index >= 15 is 0 Å². The number of benzene rings is 2. The van der Waals surface area contributed by atoms with Crippen molar-refractivity contribution in [3.05, 3.63) is 60.7 Å². The molecule has 2 aromatic rings. The zero-order valence-corrected chi connectivity index (χ0v) is 16.5. The lowest BCUT2D eigenvalue weighted by Gasteiger charge is -2.43. The summed E-state index contributed by atoms with van der Waals surface area (Å²) in [6.07, 6.45) is 4.22.